The number of nitrogens with one attached hydrogen (secondary N) is 2. The summed E-state index contributed by atoms with van der Waals surface area (Å²) in [6, 6.07) is 14.8. The first-order valence-electron chi connectivity index (χ1n) is 8.64. The Balaban J connectivity index is 1.71. The molecule has 0 aromatic heterocycles. The molecule has 136 valence electrons. The van der Waals surface area contributed by atoms with Crippen molar-refractivity contribution < 1.29 is 14.3 Å². The maximum Gasteiger partial charge on any atom is 0.276 e. The number of nitrogens with zero attached hydrogens (tertiary/aromatic N) is 1. The summed E-state index contributed by atoms with van der Waals surface area (Å²) in [4.78, 5) is 25.2. The van der Waals surface area contributed by atoms with Crippen molar-refractivity contribution in [3.05, 3.63) is 59.7 Å². The van der Waals surface area contributed by atoms with Crippen molar-refractivity contribution in [2.45, 2.75) is 26.9 Å². The highest BCUT2D eigenvalue weighted by atomic mass is 16.5. The molecule has 0 saturated carbocycles. The highest BCUT2D eigenvalue weighted by Crippen LogP contribution is 2.26. The lowest BCUT2D eigenvalue weighted by Gasteiger charge is -2.39. The van der Waals surface area contributed by atoms with Crippen LogP contribution in [0.25, 0.3) is 0 Å². The maximum atomic E-state index is 12.8. The number of fused-ring (bicyclic) bond motifs is 1. The highest BCUT2D eigenvalue weighted by Gasteiger charge is 2.34. The molecule has 0 saturated heterocycles. The van der Waals surface area contributed by atoms with E-state index < -0.39 is 0 Å². The second kappa shape index (κ2) is 7.47. The number of para-hydroxylation sites is 2. The van der Waals surface area contributed by atoms with Crippen LogP contribution in [0.5, 0.6) is 5.75 Å². The molecule has 2 aromatic carbocycles. The third kappa shape index (κ3) is 3.64. The summed E-state index contributed by atoms with van der Waals surface area (Å²) < 4.78 is 5.57. The van der Waals surface area contributed by atoms with Gasteiger partial charge in [-0.15, -0.1) is 0 Å². The molecule has 0 fully saturated rings. The van der Waals surface area contributed by atoms with E-state index in [1.165, 1.54) is 5.01 Å². The molecule has 1 heterocycles. The second-order valence-corrected chi connectivity index (χ2v) is 6.64. The molecule has 0 radical (unpaired) electrons. The van der Waals surface area contributed by atoms with E-state index in [0.29, 0.717) is 11.3 Å². The topological polar surface area (TPSA) is 70.7 Å². The van der Waals surface area contributed by atoms with Gasteiger partial charge in [0.2, 0.25) is 0 Å². The smallest absolute Gasteiger partial charge is 0.276 e. The number of rotatable bonds is 5. The monoisotopic (exact) mass is 353 g/mol. The van der Waals surface area contributed by atoms with Crippen LogP contribution in [0.3, 0.4) is 0 Å². The Morgan fingerprint density at radius 3 is 2.62 bits per heavy atom. The molecule has 0 bridgehead atoms. The quantitative estimate of drug-likeness (QED) is 0.867. The van der Waals surface area contributed by atoms with Crippen molar-refractivity contribution in [2.75, 3.05) is 11.9 Å². The normalized spacial score (nSPS) is 16.1. The van der Waals surface area contributed by atoms with Gasteiger partial charge in [-0.2, -0.15) is 0 Å². The summed E-state index contributed by atoms with van der Waals surface area (Å²) >= 11 is 0. The number of hydrazine groups is 1. The number of hydrogen-bond donors (Lipinski definition) is 2. The van der Waals surface area contributed by atoms with Crippen LogP contribution >= 0.6 is 0 Å². The molecule has 2 amide bonds. The van der Waals surface area contributed by atoms with Gasteiger partial charge in [0.15, 0.2) is 6.61 Å². The number of carbonyl (C=O) groups excluding carboxylic acids is 2. The Labute approximate surface area is 153 Å². The highest BCUT2D eigenvalue weighted by molar-refractivity contribution is 6.02. The van der Waals surface area contributed by atoms with Crippen LogP contribution in [-0.2, 0) is 4.79 Å². The van der Waals surface area contributed by atoms with Crippen molar-refractivity contribution in [3.63, 3.8) is 0 Å². The van der Waals surface area contributed by atoms with Crippen molar-refractivity contribution in [2.24, 2.45) is 5.92 Å². The fourth-order valence-corrected chi connectivity index (χ4v) is 2.89. The van der Waals surface area contributed by atoms with Crippen molar-refractivity contribution in [1.82, 2.24) is 10.4 Å². The van der Waals surface area contributed by atoms with E-state index in [0.717, 1.165) is 11.3 Å². The van der Waals surface area contributed by atoms with Gasteiger partial charge in [0.1, 0.15) is 11.9 Å². The minimum Gasteiger partial charge on any atom is -0.483 e. The Morgan fingerprint density at radius 2 is 1.88 bits per heavy atom. The molecular formula is C20H23N3O3. The van der Waals surface area contributed by atoms with Gasteiger partial charge in [0.05, 0.1) is 5.56 Å². The lowest BCUT2D eigenvalue weighted by Crippen LogP contribution is -2.59. The fraction of sp³-hybridized carbons (Fsp3) is 0.300. The molecule has 1 aliphatic rings. The zero-order chi connectivity index (χ0) is 18.7. The van der Waals surface area contributed by atoms with Crippen molar-refractivity contribution >= 4 is 17.5 Å². The van der Waals surface area contributed by atoms with E-state index in [9.17, 15) is 9.59 Å². The molecule has 3 rings (SSSR count). The molecule has 1 unspecified atom stereocenters. The number of anilines is 1. The molecule has 6 nitrogen and oxygen atoms in total. The van der Waals surface area contributed by atoms with Crippen LogP contribution in [0.15, 0.2) is 48.5 Å². The van der Waals surface area contributed by atoms with Crippen LogP contribution in [0.4, 0.5) is 5.69 Å². The molecule has 1 aliphatic heterocycles. The summed E-state index contributed by atoms with van der Waals surface area (Å²) in [5.74, 6) is 0.136. The number of ether oxygens (including phenoxy) is 1. The van der Waals surface area contributed by atoms with Crippen LogP contribution in [0.1, 0.15) is 29.8 Å². The summed E-state index contributed by atoms with van der Waals surface area (Å²) in [7, 11) is 0. The van der Waals surface area contributed by atoms with E-state index in [-0.39, 0.29) is 30.5 Å². The summed E-state index contributed by atoms with van der Waals surface area (Å²) in [6.07, 6.45) is -0.334. The lowest BCUT2D eigenvalue weighted by atomic mass is 10.0. The molecule has 1 atom stereocenters. The Bertz CT molecular complexity index is 819. The predicted molar refractivity (Wildman–Crippen MR) is 99.7 cm³/mol. The predicted octanol–water partition coefficient (Wildman–Crippen LogP) is 2.96. The van der Waals surface area contributed by atoms with Gasteiger partial charge < -0.3 is 10.1 Å². The van der Waals surface area contributed by atoms with E-state index in [4.69, 9.17) is 4.74 Å². The Kier molecular flexibility index (Phi) is 5.11. The van der Waals surface area contributed by atoms with Gasteiger partial charge in [0.25, 0.3) is 11.8 Å². The van der Waals surface area contributed by atoms with Gasteiger partial charge in [-0.05, 0) is 36.6 Å². The fourth-order valence-electron chi connectivity index (χ4n) is 2.89. The van der Waals surface area contributed by atoms with E-state index in [1.807, 2.05) is 57.2 Å². The first-order chi connectivity index (χ1) is 12.5. The zero-order valence-corrected chi connectivity index (χ0v) is 15.2. The van der Waals surface area contributed by atoms with Gasteiger partial charge in [-0.1, -0.05) is 44.2 Å². The molecule has 26 heavy (non-hydrogen) atoms. The zero-order valence-electron chi connectivity index (χ0n) is 15.2. The van der Waals surface area contributed by atoms with Crippen LogP contribution < -0.4 is 15.5 Å². The van der Waals surface area contributed by atoms with Gasteiger partial charge in [-0.25, -0.2) is 5.01 Å². The van der Waals surface area contributed by atoms with Crippen LogP contribution in [-0.4, -0.2) is 29.6 Å². The first kappa shape index (κ1) is 17.8. The average molecular weight is 353 g/mol. The molecule has 0 aliphatic carbocycles. The Morgan fingerprint density at radius 1 is 1.19 bits per heavy atom. The largest absolute Gasteiger partial charge is 0.483 e. The molecular weight excluding hydrogens is 330 g/mol. The molecule has 2 aromatic rings. The van der Waals surface area contributed by atoms with E-state index in [1.54, 1.807) is 12.1 Å². The van der Waals surface area contributed by atoms with Crippen molar-refractivity contribution in [1.29, 1.82) is 0 Å². The van der Waals surface area contributed by atoms with Crippen LogP contribution in [0, 0.1) is 12.8 Å². The van der Waals surface area contributed by atoms with E-state index >= 15 is 0 Å². The van der Waals surface area contributed by atoms with Gasteiger partial charge >= 0.3 is 0 Å². The maximum absolute atomic E-state index is 12.8. The standard InChI is InChI=1S/C20H23N3O3/c1-13(2)19-21-16-10-6-5-9-15(16)20(25)23(19)22-18(24)12-26-17-11-7-4-8-14(17)3/h4-11,13,19,21H,12H2,1-3H3,(H,22,24). The SMILES string of the molecule is Cc1ccccc1OCC(=O)NN1C(=O)c2ccccc2NC1C(C)C. The van der Waals surface area contributed by atoms with Crippen LogP contribution in [0.2, 0.25) is 0 Å². The number of amides is 2. The second-order valence-electron chi connectivity index (χ2n) is 6.64. The minimum absolute atomic E-state index is 0.102. The molecule has 0 spiro atoms. The molecule has 6 heteroatoms. The number of benzene rings is 2. The average Bonchev–Trinajstić information content (AvgIpc) is 2.63. The number of carbonyl (C=O) groups is 2. The third-order valence-electron chi connectivity index (χ3n) is 4.29. The summed E-state index contributed by atoms with van der Waals surface area (Å²) in [6.45, 7) is 5.72. The lowest BCUT2D eigenvalue weighted by molar-refractivity contribution is -0.128. The van der Waals surface area contributed by atoms with Gasteiger partial charge in [0, 0.05) is 5.69 Å². The van der Waals surface area contributed by atoms with Crippen molar-refractivity contribution in [3.8, 4) is 5.75 Å². The first-order valence-corrected chi connectivity index (χ1v) is 8.64. The minimum atomic E-state index is -0.381. The number of aryl methyl sites for hydroxylation is 1. The summed E-state index contributed by atoms with van der Waals surface area (Å²) in [5, 5.41) is 4.67. The third-order valence-corrected chi connectivity index (χ3v) is 4.29. The Hall–Kier alpha value is -3.02. The van der Waals surface area contributed by atoms with Gasteiger partial charge in [-0.3, -0.25) is 15.0 Å². The molecule has 2 N–H and O–H groups in total. The summed E-state index contributed by atoms with van der Waals surface area (Å²) in [5.41, 5.74) is 4.94. The van der Waals surface area contributed by atoms with E-state index in [2.05, 4.69) is 10.7 Å². The number of hydrogen-bond acceptors (Lipinski definition) is 4.